The maximum Gasteiger partial charge on any atom is 0.255 e. The normalized spacial score (nSPS) is 20.2. The average Bonchev–Trinajstić information content (AvgIpc) is 3.15. The summed E-state index contributed by atoms with van der Waals surface area (Å²) in [6.45, 7) is 1.71. The second kappa shape index (κ2) is 7.83. The van der Waals surface area contributed by atoms with Crippen molar-refractivity contribution in [2.45, 2.75) is 55.2 Å². The molecule has 122 valence electrons. The van der Waals surface area contributed by atoms with Gasteiger partial charge >= 0.3 is 0 Å². The maximum absolute atomic E-state index is 12.3. The Labute approximate surface area is 142 Å². The van der Waals surface area contributed by atoms with Crippen molar-refractivity contribution in [1.82, 2.24) is 9.88 Å². The van der Waals surface area contributed by atoms with Crippen LogP contribution in [0, 0.1) is 17.2 Å². The first-order chi connectivity index (χ1) is 11.3. The fraction of sp³-hybridized carbons (Fsp3) is 0.611. The molecule has 1 aliphatic heterocycles. The van der Waals surface area contributed by atoms with Crippen molar-refractivity contribution in [2.24, 2.45) is 5.92 Å². The van der Waals surface area contributed by atoms with Crippen molar-refractivity contribution in [2.75, 3.05) is 13.1 Å². The van der Waals surface area contributed by atoms with Gasteiger partial charge in [-0.1, -0.05) is 31.0 Å². The van der Waals surface area contributed by atoms with Crippen LogP contribution in [-0.4, -0.2) is 34.1 Å². The molecule has 1 saturated carbocycles. The van der Waals surface area contributed by atoms with Gasteiger partial charge in [-0.3, -0.25) is 4.79 Å². The Kier molecular flexibility index (Phi) is 5.56. The van der Waals surface area contributed by atoms with E-state index in [9.17, 15) is 10.1 Å². The van der Waals surface area contributed by atoms with E-state index >= 15 is 0 Å². The highest BCUT2D eigenvalue weighted by Gasteiger charge is 2.25. The number of nitrogens with zero attached hydrogens (tertiary/aromatic N) is 3. The van der Waals surface area contributed by atoms with Crippen LogP contribution in [0.3, 0.4) is 0 Å². The van der Waals surface area contributed by atoms with Crippen LogP contribution >= 0.6 is 11.8 Å². The fourth-order valence-corrected chi connectivity index (χ4v) is 4.51. The van der Waals surface area contributed by atoms with E-state index in [-0.39, 0.29) is 11.2 Å². The first-order valence-electron chi connectivity index (χ1n) is 8.59. The average molecular weight is 329 g/mol. The zero-order valence-electron chi connectivity index (χ0n) is 13.4. The van der Waals surface area contributed by atoms with Crippen molar-refractivity contribution in [3.63, 3.8) is 0 Å². The van der Waals surface area contributed by atoms with Gasteiger partial charge < -0.3 is 4.90 Å². The van der Waals surface area contributed by atoms with Gasteiger partial charge in [0.25, 0.3) is 5.91 Å². The summed E-state index contributed by atoms with van der Waals surface area (Å²) in [4.78, 5) is 18.6. The Bertz CT molecular complexity index is 569. The largest absolute Gasteiger partial charge is 0.339 e. The number of hydrogen-bond donors (Lipinski definition) is 0. The first-order valence-corrected chi connectivity index (χ1v) is 9.47. The molecule has 1 aliphatic carbocycles. The molecule has 23 heavy (non-hydrogen) atoms. The zero-order chi connectivity index (χ0) is 16.1. The summed E-state index contributed by atoms with van der Waals surface area (Å²) >= 11 is 1.55. The molecular formula is C18H23N3OS. The molecule has 0 bridgehead atoms. The van der Waals surface area contributed by atoms with Gasteiger partial charge in [0.1, 0.15) is 5.25 Å². The summed E-state index contributed by atoms with van der Waals surface area (Å²) in [5.41, 5.74) is 0.655. The minimum atomic E-state index is -0.0251. The lowest BCUT2D eigenvalue weighted by Gasteiger charge is -2.25. The molecule has 2 heterocycles. The molecule has 0 aromatic carbocycles. The second-order valence-electron chi connectivity index (χ2n) is 6.45. The first kappa shape index (κ1) is 16.3. The SMILES string of the molecule is N#C[C@H](Sc1ccc(C(=O)N2CCCC2)cn1)C1CCCCC1. The van der Waals surface area contributed by atoms with Crippen LogP contribution in [-0.2, 0) is 0 Å². The van der Waals surface area contributed by atoms with E-state index in [0.717, 1.165) is 43.8 Å². The molecule has 1 atom stereocenters. The molecule has 5 heteroatoms. The third-order valence-corrected chi connectivity index (χ3v) is 6.06. The molecule has 1 saturated heterocycles. The number of aromatic nitrogens is 1. The second-order valence-corrected chi connectivity index (χ2v) is 7.61. The van der Waals surface area contributed by atoms with Gasteiger partial charge in [0.2, 0.25) is 0 Å². The topological polar surface area (TPSA) is 57.0 Å². The number of pyridine rings is 1. The highest BCUT2D eigenvalue weighted by atomic mass is 32.2. The number of thioether (sulfide) groups is 1. The van der Waals surface area contributed by atoms with E-state index in [1.165, 1.54) is 19.3 Å². The number of nitriles is 1. The summed E-state index contributed by atoms with van der Waals surface area (Å²) in [5, 5.41) is 10.3. The van der Waals surface area contributed by atoms with E-state index in [0.29, 0.717) is 11.5 Å². The van der Waals surface area contributed by atoms with Crippen molar-refractivity contribution in [3.05, 3.63) is 23.9 Å². The predicted octanol–water partition coefficient (Wildman–Crippen LogP) is 3.88. The van der Waals surface area contributed by atoms with Gasteiger partial charge in [0.15, 0.2) is 0 Å². The molecule has 2 aliphatic rings. The minimum Gasteiger partial charge on any atom is -0.339 e. The highest BCUT2D eigenvalue weighted by molar-refractivity contribution is 8.00. The van der Waals surface area contributed by atoms with Crippen molar-refractivity contribution in [1.29, 1.82) is 5.26 Å². The Morgan fingerprint density at radius 1 is 1.22 bits per heavy atom. The van der Waals surface area contributed by atoms with E-state index in [2.05, 4.69) is 11.1 Å². The van der Waals surface area contributed by atoms with Gasteiger partial charge in [0.05, 0.1) is 16.7 Å². The van der Waals surface area contributed by atoms with E-state index in [1.807, 2.05) is 17.0 Å². The summed E-state index contributed by atoms with van der Waals surface area (Å²) in [7, 11) is 0. The molecule has 0 N–H and O–H groups in total. The van der Waals surface area contributed by atoms with E-state index in [4.69, 9.17) is 0 Å². The van der Waals surface area contributed by atoms with Crippen molar-refractivity contribution in [3.8, 4) is 6.07 Å². The quantitative estimate of drug-likeness (QED) is 0.787. The van der Waals surface area contributed by atoms with Crippen molar-refractivity contribution >= 4 is 17.7 Å². The Morgan fingerprint density at radius 2 is 1.96 bits per heavy atom. The molecule has 0 unspecified atom stereocenters. The lowest BCUT2D eigenvalue weighted by molar-refractivity contribution is 0.0792. The van der Waals surface area contributed by atoms with Gasteiger partial charge in [-0.25, -0.2) is 4.98 Å². The van der Waals surface area contributed by atoms with Crippen LogP contribution in [0.1, 0.15) is 55.3 Å². The zero-order valence-corrected chi connectivity index (χ0v) is 14.2. The Balaban J connectivity index is 1.62. The monoisotopic (exact) mass is 329 g/mol. The number of carbonyl (C=O) groups is 1. The number of likely N-dealkylation sites (tertiary alicyclic amines) is 1. The number of hydrogen-bond acceptors (Lipinski definition) is 4. The summed E-state index contributed by atoms with van der Waals surface area (Å²) in [5.74, 6) is 0.558. The number of carbonyl (C=O) groups excluding carboxylic acids is 1. The maximum atomic E-state index is 12.3. The third-order valence-electron chi connectivity index (χ3n) is 4.83. The standard InChI is InChI=1S/C18H23N3OS/c19-12-16(14-6-2-1-3-7-14)23-17-9-8-15(13-20-17)18(22)21-10-4-5-11-21/h8-9,13-14,16H,1-7,10-11H2/t16-/m0/s1. The van der Waals surface area contributed by atoms with E-state index in [1.54, 1.807) is 18.0 Å². The highest BCUT2D eigenvalue weighted by Crippen LogP contribution is 2.35. The van der Waals surface area contributed by atoms with Crippen LogP contribution in [0.2, 0.25) is 0 Å². The minimum absolute atomic E-state index is 0.0251. The Morgan fingerprint density at radius 3 is 2.57 bits per heavy atom. The summed E-state index contributed by atoms with van der Waals surface area (Å²) in [6.07, 6.45) is 9.92. The van der Waals surface area contributed by atoms with Gasteiger partial charge in [-0.05, 0) is 43.7 Å². The molecule has 0 spiro atoms. The Hall–Kier alpha value is -1.54. The third kappa shape index (κ3) is 4.06. The molecule has 0 radical (unpaired) electrons. The molecule has 4 nitrogen and oxygen atoms in total. The number of rotatable bonds is 4. The van der Waals surface area contributed by atoms with Crippen molar-refractivity contribution < 1.29 is 4.79 Å². The molecule has 1 amide bonds. The predicted molar refractivity (Wildman–Crippen MR) is 91.2 cm³/mol. The number of amides is 1. The van der Waals surface area contributed by atoms with Gasteiger partial charge in [-0.2, -0.15) is 5.26 Å². The van der Waals surface area contributed by atoms with Crippen LogP contribution < -0.4 is 0 Å². The van der Waals surface area contributed by atoms with Crippen LogP contribution in [0.25, 0.3) is 0 Å². The molecular weight excluding hydrogens is 306 g/mol. The van der Waals surface area contributed by atoms with Gasteiger partial charge in [-0.15, -0.1) is 0 Å². The molecule has 1 aromatic heterocycles. The lowest BCUT2D eigenvalue weighted by atomic mass is 9.87. The van der Waals surface area contributed by atoms with Crippen LogP contribution in [0.5, 0.6) is 0 Å². The molecule has 3 rings (SSSR count). The lowest BCUT2D eigenvalue weighted by Crippen LogP contribution is -2.27. The van der Waals surface area contributed by atoms with Crippen LogP contribution in [0.15, 0.2) is 23.4 Å². The van der Waals surface area contributed by atoms with E-state index < -0.39 is 0 Å². The van der Waals surface area contributed by atoms with Gasteiger partial charge in [0, 0.05) is 19.3 Å². The fourth-order valence-electron chi connectivity index (χ4n) is 3.47. The summed E-state index contributed by atoms with van der Waals surface area (Å²) < 4.78 is 0. The molecule has 2 fully saturated rings. The molecule has 1 aromatic rings. The summed E-state index contributed by atoms with van der Waals surface area (Å²) in [6, 6.07) is 6.19. The smallest absolute Gasteiger partial charge is 0.255 e. The van der Waals surface area contributed by atoms with Crippen LogP contribution in [0.4, 0.5) is 0 Å².